The number of rotatable bonds is 2. The first-order chi connectivity index (χ1) is 5.09. The van der Waals surface area contributed by atoms with E-state index in [-0.39, 0.29) is 18.4 Å². The second kappa shape index (κ2) is 3.19. The summed E-state index contributed by atoms with van der Waals surface area (Å²) in [5, 5.41) is 11.7. The van der Waals surface area contributed by atoms with Crippen LogP contribution in [0.15, 0.2) is 0 Å². The molecule has 0 spiro atoms. The van der Waals surface area contributed by atoms with E-state index in [0.29, 0.717) is 0 Å². The summed E-state index contributed by atoms with van der Waals surface area (Å²) in [6.45, 7) is 3.72. The highest BCUT2D eigenvalue weighted by Gasteiger charge is 2.31. The summed E-state index contributed by atoms with van der Waals surface area (Å²) in [6.07, 6.45) is -1.03. The van der Waals surface area contributed by atoms with Gasteiger partial charge in [-0.15, -0.1) is 0 Å². The fraction of sp³-hybridized carbons (Fsp3) is 0.857. The van der Waals surface area contributed by atoms with Crippen molar-refractivity contribution in [1.82, 2.24) is 5.32 Å². The Morgan fingerprint density at radius 2 is 2.36 bits per heavy atom. The molecule has 1 amide bonds. The fourth-order valence-corrected chi connectivity index (χ4v) is 1.03. The predicted molar refractivity (Wildman–Crippen MR) is 38.8 cm³/mol. The average Bonchev–Trinajstić information content (AvgIpc) is 2.09. The smallest absolute Gasteiger partial charge is 0.224 e. The molecule has 4 nitrogen and oxygen atoms in total. The topological polar surface area (TPSA) is 58.6 Å². The number of nitrogens with one attached hydrogen (secondary N) is 1. The highest BCUT2D eigenvalue weighted by molar-refractivity contribution is 5.79. The van der Waals surface area contributed by atoms with Crippen LogP contribution in [0.4, 0.5) is 0 Å². The Hall–Kier alpha value is -0.610. The van der Waals surface area contributed by atoms with Crippen LogP contribution in [0, 0.1) is 0 Å². The number of amides is 1. The Morgan fingerprint density at radius 3 is 2.73 bits per heavy atom. The molecule has 0 aliphatic carbocycles. The molecule has 0 aromatic carbocycles. The Balaban J connectivity index is 2.40. The predicted octanol–water partition coefficient (Wildman–Crippen LogP) is -0.382. The van der Waals surface area contributed by atoms with Crippen LogP contribution in [-0.4, -0.2) is 29.4 Å². The third kappa shape index (κ3) is 2.17. The van der Waals surface area contributed by atoms with Gasteiger partial charge in [-0.05, 0) is 13.8 Å². The third-order valence-electron chi connectivity index (χ3n) is 1.47. The average molecular weight is 159 g/mol. The van der Waals surface area contributed by atoms with E-state index in [9.17, 15) is 9.90 Å². The summed E-state index contributed by atoms with van der Waals surface area (Å²) in [7, 11) is 0. The molecular weight excluding hydrogens is 146 g/mol. The summed E-state index contributed by atoms with van der Waals surface area (Å²) < 4.78 is 5.21. The molecule has 0 aromatic heterocycles. The standard InChI is InChI=1S/C7H13NO3/c1-4(2)11-7-5(9)3-6(10)8-7/h4-5,7,9H,3H2,1-2H3,(H,8,10)/t5-,7+/m0/s1. The van der Waals surface area contributed by atoms with Gasteiger partial charge in [-0.1, -0.05) is 0 Å². The first-order valence-corrected chi connectivity index (χ1v) is 3.72. The van der Waals surface area contributed by atoms with E-state index in [0.717, 1.165) is 0 Å². The number of hydrogen-bond acceptors (Lipinski definition) is 3. The van der Waals surface area contributed by atoms with E-state index in [2.05, 4.69) is 5.32 Å². The lowest BCUT2D eigenvalue weighted by Crippen LogP contribution is -2.36. The molecule has 1 aliphatic heterocycles. The van der Waals surface area contributed by atoms with Crippen molar-refractivity contribution >= 4 is 5.91 Å². The van der Waals surface area contributed by atoms with Gasteiger partial charge in [0.1, 0.15) is 6.10 Å². The molecular formula is C7H13NO3. The number of carbonyl (C=O) groups excluding carboxylic acids is 1. The van der Waals surface area contributed by atoms with Crippen LogP contribution in [-0.2, 0) is 9.53 Å². The summed E-state index contributed by atoms with van der Waals surface area (Å²) >= 11 is 0. The van der Waals surface area contributed by atoms with Crippen molar-refractivity contribution in [1.29, 1.82) is 0 Å². The van der Waals surface area contributed by atoms with Gasteiger partial charge >= 0.3 is 0 Å². The number of aliphatic hydroxyl groups is 1. The van der Waals surface area contributed by atoms with E-state index in [1.807, 2.05) is 13.8 Å². The lowest BCUT2D eigenvalue weighted by atomic mass is 10.3. The minimum atomic E-state index is -0.690. The monoisotopic (exact) mass is 159 g/mol. The van der Waals surface area contributed by atoms with Crippen molar-refractivity contribution in [3.63, 3.8) is 0 Å². The van der Waals surface area contributed by atoms with Gasteiger partial charge in [-0.25, -0.2) is 0 Å². The van der Waals surface area contributed by atoms with Gasteiger partial charge in [0, 0.05) is 0 Å². The first-order valence-electron chi connectivity index (χ1n) is 3.72. The molecule has 11 heavy (non-hydrogen) atoms. The molecule has 0 unspecified atom stereocenters. The van der Waals surface area contributed by atoms with Gasteiger partial charge < -0.3 is 15.2 Å². The van der Waals surface area contributed by atoms with Gasteiger partial charge in [-0.3, -0.25) is 4.79 Å². The molecule has 0 bridgehead atoms. The number of hydrogen-bond donors (Lipinski definition) is 2. The second-order valence-electron chi connectivity index (χ2n) is 2.94. The molecule has 4 heteroatoms. The molecule has 1 rings (SSSR count). The minimum Gasteiger partial charge on any atom is -0.388 e. The number of carbonyl (C=O) groups is 1. The normalized spacial score (nSPS) is 31.1. The number of aliphatic hydroxyl groups excluding tert-OH is 1. The van der Waals surface area contributed by atoms with Gasteiger partial charge in [0.15, 0.2) is 6.23 Å². The Labute approximate surface area is 65.5 Å². The van der Waals surface area contributed by atoms with Crippen LogP contribution in [0.1, 0.15) is 20.3 Å². The third-order valence-corrected chi connectivity index (χ3v) is 1.47. The zero-order chi connectivity index (χ0) is 8.43. The molecule has 64 valence electrons. The molecule has 0 saturated carbocycles. The highest BCUT2D eigenvalue weighted by Crippen LogP contribution is 2.10. The van der Waals surface area contributed by atoms with Crippen LogP contribution in [0.3, 0.4) is 0 Å². The first kappa shape index (κ1) is 8.49. The molecule has 2 N–H and O–H groups in total. The largest absolute Gasteiger partial charge is 0.388 e. The minimum absolute atomic E-state index is 0.0213. The molecule has 1 aliphatic rings. The van der Waals surface area contributed by atoms with Crippen LogP contribution >= 0.6 is 0 Å². The van der Waals surface area contributed by atoms with E-state index in [1.54, 1.807) is 0 Å². The van der Waals surface area contributed by atoms with Crippen LogP contribution in [0.25, 0.3) is 0 Å². The molecule has 0 aromatic rings. The van der Waals surface area contributed by atoms with Crippen LogP contribution < -0.4 is 5.32 Å². The lowest BCUT2D eigenvalue weighted by Gasteiger charge is -2.17. The van der Waals surface area contributed by atoms with Crippen molar-refractivity contribution in [2.24, 2.45) is 0 Å². The molecule has 1 heterocycles. The van der Waals surface area contributed by atoms with Crippen molar-refractivity contribution in [2.45, 2.75) is 38.7 Å². The zero-order valence-electron chi connectivity index (χ0n) is 6.70. The summed E-state index contributed by atoms with van der Waals surface area (Å²) in [4.78, 5) is 10.7. The Bertz CT molecular complexity index is 158. The molecule has 0 radical (unpaired) electrons. The molecule has 1 fully saturated rings. The summed E-state index contributed by atoms with van der Waals surface area (Å²) in [5.41, 5.74) is 0. The summed E-state index contributed by atoms with van der Waals surface area (Å²) in [6, 6.07) is 0. The Kier molecular flexibility index (Phi) is 2.46. The van der Waals surface area contributed by atoms with Gasteiger partial charge in [-0.2, -0.15) is 0 Å². The van der Waals surface area contributed by atoms with Crippen molar-refractivity contribution in [3.8, 4) is 0 Å². The van der Waals surface area contributed by atoms with Crippen LogP contribution in [0.5, 0.6) is 0 Å². The maximum Gasteiger partial charge on any atom is 0.224 e. The molecule has 1 saturated heterocycles. The van der Waals surface area contributed by atoms with E-state index in [4.69, 9.17) is 4.74 Å². The molecule has 2 atom stereocenters. The quantitative estimate of drug-likeness (QED) is 0.577. The second-order valence-corrected chi connectivity index (χ2v) is 2.94. The maximum atomic E-state index is 10.7. The van der Waals surface area contributed by atoms with E-state index >= 15 is 0 Å². The van der Waals surface area contributed by atoms with Gasteiger partial charge in [0.25, 0.3) is 0 Å². The van der Waals surface area contributed by atoms with E-state index in [1.165, 1.54) is 0 Å². The Morgan fingerprint density at radius 1 is 1.73 bits per heavy atom. The van der Waals surface area contributed by atoms with Crippen molar-refractivity contribution < 1.29 is 14.6 Å². The van der Waals surface area contributed by atoms with Gasteiger partial charge in [0.2, 0.25) is 5.91 Å². The maximum absolute atomic E-state index is 10.7. The highest BCUT2D eigenvalue weighted by atomic mass is 16.5. The van der Waals surface area contributed by atoms with E-state index < -0.39 is 12.3 Å². The van der Waals surface area contributed by atoms with Crippen molar-refractivity contribution in [2.75, 3.05) is 0 Å². The fourth-order valence-electron chi connectivity index (χ4n) is 1.03. The lowest BCUT2D eigenvalue weighted by molar-refractivity contribution is -0.121. The number of ether oxygens (including phenoxy) is 1. The van der Waals surface area contributed by atoms with Crippen LogP contribution in [0.2, 0.25) is 0 Å². The van der Waals surface area contributed by atoms with Crippen molar-refractivity contribution in [3.05, 3.63) is 0 Å². The SMILES string of the molecule is CC(C)O[C@H]1NC(=O)C[C@@H]1O. The summed E-state index contributed by atoms with van der Waals surface area (Å²) in [5.74, 6) is -0.150. The van der Waals surface area contributed by atoms with Gasteiger partial charge in [0.05, 0.1) is 12.5 Å². The zero-order valence-corrected chi connectivity index (χ0v) is 6.70.